The zero-order valence-electron chi connectivity index (χ0n) is 18.2. The minimum absolute atomic E-state index is 0.198. The van der Waals surface area contributed by atoms with Crippen molar-refractivity contribution in [2.24, 2.45) is 0 Å². The molecule has 0 unspecified atom stereocenters. The van der Waals surface area contributed by atoms with Gasteiger partial charge in [-0.1, -0.05) is 65.1 Å². The van der Waals surface area contributed by atoms with Crippen LogP contribution >= 0.6 is 34.4 Å². The van der Waals surface area contributed by atoms with Crippen molar-refractivity contribution in [3.05, 3.63) is 89.1 Å². The Morgan fingerprint density at radius 1 is 1.03 bits per heavy atom. The fraction of sp³-hybridized carbons (Fsp3) is 0.240. The lowest BCUT2D eigenvalue weighted by Crippen LogP contribution is -2.37. The van der Waals surface area contributed by atoms with Gasteiger partial charge < -0.3 is 15.5 Å². The van der Waals surface area contributed by atoms with Crippen LogP contribution < -0.4 is 10.6 Å². The fourth-order valence-electron chi connectivity index (χ4n) is 3.54. The lowest BCUT2D eigenvalue weighted by molar-refractivity contribution is 0.102. The van der Waals surface area contributed by atoms with Crippen molar-refractivity contribution in [3.8, 4) is 0 Å². The van der Waals surface area contributed by atoms with E-state index in [0.717, 1.165) is 51.4 Å². The minimum atomic E-state index is -0.198. The SMILES string of the molecule is N=C(c1ccc(CNc2ccccc2C(=O)Nc2ccc(CI)cn2)cc1)N1CCSCC1. The predicted octanol–water partition coefficient (Wildman–Crippen LogP) is 5.26. The number of halogens is 1. The molecule has 33 heavy (non-hydrogen) atoms. The molecule has 0 atom stereocenters. The molecule has 1 aromatic heterocycles. The number of hydrogen-bond donors (Lipinski definition) is 3. The van der Waals surface area contributed by atoms with Crippen LogP contribution in [-0.2, 0) is 11.0 Å². The van der Waals surface area contributed by atoms with Crippen molar-refractivity contribution in [2.45, 2.75) is 11.0 Å². The molecule has 0 radical (unpaired) electrons. The summed E-state index contributed by atoms with van der Waals surface area (Å²) in [5.41, 5.74) is 4.48. The molecule has 1 saturated heterocycles. The van der Waals surface area contributed by atoms with E-state index in [1.807, 2.05) is 66.4 Å². The highest BCUT2D eigenvalue weighted by Gasteiger charge is 2.15. The molecule has 8 heteroatoms. The maximum Gasteiger partial charge on any atom is 0.258 e. The van der Waals surface area contributed by atoms with Gasteiger partial charge in [0.25, 0.3) is 5.91 Å². The number of benzene rings is 2. The first kappa shape index (κ1) is 23.6. The number of alkyl halides is 1. The molecule has 3 aromatic rings. The maximum absolute atomic E-state index is 12.8. The molecule has 0 spiro atoms. The van der Waals surface area contributed by atoms with Gasteiger partial charge in [-0.3, -0.25) is 10.2 Å². The Kier molecular flexibility index (Phi) is 8.22. The molecule has 3 N–H and O–H groups in total. The van der Waals surface area contributed by atoms with Crippen molar-refractivity contribution < 1.29 is 4.79 Å². The predicted molar refractivity (Wildman–Crippen MR) is 146 cm³/mol. The van der Waals surface area contributed by atoms with Gasteiger partial charge >= 0.3 is 0 Å². The smallest absolute Gasteiger partial charge is 0.258 e. The molecule has 6 nitrogen and oxygen atoms in total. The number of anilines is 2. The van der Waals surface area contributed by atoms with Crippen molar-refractivity contribution in [1.82, 2.24) is 9.88 Å². The molecule has 0 bridgehead atoms. The zero-order valence-corrected chi connectivity index (χ0v) is 21.2. The number of para-hydroxylation sites is 1. The summed E-state index contributed by atoms with van der Waals surface area (Å²) in [4.78, 5) is 19.3. The van der Waals surface area contributed by atoms with Gasteiger partial charge in [0, 0.05) is 53.0 Å². The first-order chi connectivity index (χ1) is 16.1. The molecule has 1 aliphatic heterocycles. The Bertz CT molecular complexity index is 1100. The molecule has 0 aliphatic carbocycles. The molecule has 1 fully saturated rings. The lowest BCUT2D eigenvalue weighted by Gasteiger charge is -2.28. The number of rotatable bonds is 7. The molecular formula is C25H26IN5OS. The molecule has 1 amide bonds. The second-order valence-corrected chi connectivity index (χ2v) is 9.67. The molecule has 170 valence electrons. The standard InChI is InChI=1S/C25H26IN5OS/c26-15-19-7-10-23(29-17-19)30-25(32)21-3-1-2-4-22(21)28-16-18-5-8-20(9-6-18)24(27)31-11-13-33-14-12-31/h1-10,17,27-28H,11-16H2,(H,29,30,32). The average molecular weight is 571 g/mol. The van der Waals surface area contributed by atoms with E-state index in [1.165, 1.54) is 0 Å². The fourth-order valence-corrected chi connectivity index (χ4v) is 4.90. The summed E-state index contributed by atoms with van der Waals surface area (Å²) in [6.45, 7) is 2.45. The second kappa shape index (κ2) is 11.5. The van der Waals surface area contributed by atoms with E-state index < -0.39 is 0 Å². The third-order valence-electron chi connectivity index (χ3n) is 5.43. The summed E-state index contributed by atoms with van der Waals surface area (Å²) in [7, 11) is 0. The van der Waals surface area contributed by atoms with Crippen LogP contribution in [0, 0.1) is 5.41 Å². The molecule has 1 aliphatic rings. The largest absolute Gasteiger partial charge is 0.380 e. The summed E-state index contributed by atoms with van der Waals surface area (Å²) in [6.07, 6.45) is 1.78. The Morgan fingerprint density at radius 3 is 2.45 bits per heavy atom. The summed E-state index contributed by atoms with van der Waals surface area (Å²) in [6, 6.07) is 19.3. The third-order valence-corrected chi connectivity index (χ3v) is 7.25. The zero-order chi connectivity index (χ0) is 23.0. The monoisotopic (exact) mass is 571 g/mol. The molecule has 4 rings (SSSR count). The van der Waals surface area contributed by atoms with Crippen LogP contribution in [0.15, 0.2) is 66.9 Å². The van der Waals surface area contributed by atoms with Gasteiger partial charge in [-0.05, 0) is 29.3 Å². The highest BCUT2D eigenvalue weighted by atomic mass is 127. The number of pyridine rings is 1. The molecule has 0 saturated carbocycles. The molecular weight excluding hydrogens is 545 g/mol. The number of amidine groups is 1. The van der Waals surface area contributed by atoms with E-state index in [0.29, 0.717) is 23.8 Å². The quantitative estimate of drug-likeness (QED) is 0.156. The highest BCUT2D eigenvalue weighted by molar-refractivity contribution is 14.1. The Hall–Kier alpha value is -2.59. The Balaban J connectivity index is 1.38. The van der Waals surface area contributed by atoms with Crippen LogP contribution in [-0.4, -0.2) is 46.2 Å². The van der Waals surface area contributed by atoms with Crippen molar-refractivity contribution >= 4 is 57.6 Å². The van der Waals surface area contributed by atoms with E-state index in [1.54, 1.807) is 12.3 Å². The van der Waals surface area contributed by atoms with E-state index in [4.69, 9.17) is 5.41 Å². The van der Waals surface area contributed by atoms with Crippen molar-refractivity contribution in [2.75, 3.05) is 35.2 Å². The molecule has 2 heterocycles. The number of nitrogens with one attached hydrogen (secondary N) is 3. The van der Waals surface area contributed by atoms with Gasteiger partial charge in [0.1, 0.15) is 11.7 Å². The normalized spacial score (nSPS) is 13.4. The van der Waals surface area contributed by atoms with Gasteiger partial charge in [-0.15, -0.1) is 0 Å². The van der Waals surface area contributed by atoms with E-state index in [2.05, 4.69) is 43.1 Å². The first-order valence-electron chi connectivity index (χ1n) is 10.8. The van der Waals surface area contributed by atoms with Crippen LogP contribution in [0.3, 0.4) is 0 Å². The summed E-state index contributed by atoms with van der Waals surface area (Å²) < 4.78 is 0.880. The first-order valence-corrected chi connectivity index (χ1v) is 13.5. The second-order valence-electron chi connectivity index (χ2n) is 7.68. The van der Waals surface area contributed by atoms with E-state index >= 15 is 0 Å². The van der Waals surface area contributed by atoms with Gasteiger partial charge in [-0.25, -0.2) is 4.98 Å². The lowest BCUT2D eigenvalue weighted by atomic mass is 10.1. The molecule has 2 aromatic carbocycles. The van der Waals surface area contributed by atoms with E-state index in [9.17, 15) is 4.79 Å². The van der Waals surface area contributed by atoms with Crippen LogP contribution in [0.2, 0.25) is 0 Å². The Morgan fingerprint density at radius 2 is 1.76 bits per heavy atom. The van der Waals surface area contributed by atoms with Crippen LogP contribution in [0.1, 0.15) is 27.0 Å². The van der Waals surface area contributed by atoms with Crippen LogP contribution in [0.5, 0.6) is 0 Å². The van der Waals surface area contributed by atoms with Crippen LogP contribution in [0.25, 0.3) is 0 Å². The number of carbonyl (C=O) groups excluding carboxylic acids is 1. The van der Waals surface area contributed by atoms with Crippen molar-refractivity contribution in [1.29, 1.82) is 5.41 Å². The number of amides is 1. The minimum Gasteiger partial charge on any atom is -0.380 e. The van der Waals surface area contributed by atoms with Crippen LogP contribution in [0.4, 0.5) is 11.5 Å². The maximum atomic E-state index is 12.8. The van der Waals surface area contributed by atoms with Crippen molar-refractivity contribution in [3.63, 3.8) is 0 Å². The number of aromatic nitrogens is 1. The van der Waals surface area contributed by atoms with E-state index in [-0.39, 0.29) is 5.91 Å². The van der Waals surface area contributed by atoms with Gasteiger partial charge in [0.05, 0.1) is 5.56 Å². The number of nitrogens with zero attached hydrogens (tertiary/aromatic N) is 2. The topological polar surface area (TPSA) is 81.1 Å². The summed E-state index contributed by atoms with van der Waals surface area (Å²) in [5, 5.41) is 14.7. The average Bonchev–Trinajstić information content (AvgIpc) is 2.88. The summed E-state index contributed by atoms with van der Waals surface area (Å²) in [5.74, 6) is 3.09. The number of thioether (sulfide) groups is 1. The third kappa shape index (κ3) is 6.26. The Labute approximate surface area is 212 Å². The van der Waals surface area contributed by atoms with Gasteiger partial charge in [0.15, 0.2) is 0 Å². The number of carbonyl (C=O) groups is 1. The van der Waals surface area contributed by atoms with Gasteiger partial charge in [0.2, 0.25) is 0 Å². The summed E-state index contributed by atoms with van der Waals surface area (Å²) >= 11 is 4.23. The number of hydrogen-bond acceptors (Lipinski definition) is 5. The van der Waals surface area contributed by atoms with Gasteiger partial charge in [-0.2, -0.15) is 11.8 Å². The highest BCUT2D eigenvalue weighted by Crippen LogP contribution is 2.19.